The van der Waals surface area contributed by atoms with Crippen LogP contribution < -0.4 is 5.73 Å². The van der Waals surface area contributed by atoms with E-state index < -0.39 is 0 Å². The SMILES string of the molecule is NC1C2CN(C(=O)C3CCCCC3)CC12. The van der Waals surface area contributed by atoms with Gasteiger partial charge in [-0.1, -0.05) is 19.3 Å². The lowest BCUT2D eigenvalue weighted by Gasteiger charge is -2.27. The predicted molar refractivity (Wildman–Crippen MR) is 58.1 cm³/mol. The predicted octanol–water partition coefficient (Wildman–Crippen LogP) is 0.982. The molecule has 84 valence electrons. The van der Waals surface area contributed by atoms with E-state index in [9.17, 15) is 4.79 Å². The van der Waals surface area contributed by atoms with E-state index in [0.717, 1.165) is 25.9 Å². The molecule has 3 nitrogen and oxygen atoms in total. The third-order valence-corrected chi connectivity index (χ3v) is 4.53. The minimum absolute atomic E-state index is 0.340. The van der Waals surface area contributed by atoms with Crippen LogP contribution in [0, 0.1) is 17.8 Å². The molecule has 2 unspecified atom stereocenters. The highest BCUT2D eigenvalue weighted by molar-refractivity contribution is 5.79. The second kappa shape index (κ2) is 3.48. The summed E-state index contributed by atoms with van der Waals surface area (Å²) in [5, 5.41) is 0. The summed E-state index contributed by atoms with van der Waals surface area (Å²) in [6.07, 6.45) is 6.06. The number of carbonyl (C=O) groups is 1. The number of fused-ring (bicyclic) bond motifs is 1. The molecule has 2 aliphatic carbocycles. The average molecular weight is 208 g/mol. The van der Waals surface area contributed by atoms with E-state index in [1.165, 1.54) is 19.3 Å². The Balaban J connectivity index is 1.56. The summed E-state index contributed by atoms with van der Waals surface area (Å²) < 4.78 is 0. The summed E-state index contributed by atoms with van der Waals surface area (Å²) in [5.74, 6) is 2.04. The molecule has 2 atom stereocenters. The van der Waals surface area contributed by atoms with Gasteiger partial charge < -0.3 is 10.6 Å². The second-order valence-corrected chi connectivity index (χ2v) is 5.48. The van der Waals surface area contributed by atoms with Crippen molar-refractivity contribution in [1.29, 1.82) is 0 Å². The molecule has 3 fully saturated rings. The van der Waals surface area contributed by atoms with Gasteiger partial charge in [0.1, 0.15) is 0 Å². The molecule has 0 spiro atoms. The highest BCUT2D eigenvalue weighted by atomic mass is 16.2. The number of nitrogens with two attached hydrogens (primary N) is 1. The van der Waals surface area contributed by atoms with E-state index in [1.54, 1.807) is 0 Å². The van der Waals surface area contributed by atoms with Gasteiger partial charge in [-0.2, -0.15) is 0 Å². The van der Waals surface area contributed by atoms with Crippen molar-refractivity contribution >= 4 is 5.91 Å². The molecule has 1 heterocycles. The number of nitrogens with zero attached hydrogens (tertiary/aromatic N) is 1. The summed E-state index contributed by atoms with van der Waals surface area (Å²) >= 11 is 0. The number of rotatable bonds is 1. The third-order valence-electron chi connectivity index (χ3n) is 4.53. The van der Waals surface area contributed by atoms with Gasteiger partial charge in [-0.25, -0.2) is 0 Å². The Morgan fingerprint density at radius 1 is 1.07 bits per heavy atom. The van der Waals surface area contributed by atoms with Gasteiger partial charge in [0, 0.05) is 25.0 Å². The zero-order chi connectivity index (χ0) is 10.4. The van der Waals surface area contributed by atoms with Gasteiger partial charge in [0.25, 0.3) is 0 Å². The molecule has 1 aliphatic heterocycles. The second-order valence-electron chi connectivity index (χ2n) is 5.48. The van der Waals surface area contributed by atoms with Crippen LogP contribution in [0.2, 0.25) is 0 Å². The zero-order valence-corrected chi connectivity index (χ0v) is 9.19. The van der Waals surface area contributed by atoms with Crippen molar-refractivity contribution in [2.75, 3.05) is 13.1 Å². The summed E-state index contributed by atoms with van der Waals surface area (Å²) in [6.45, 7) is 1.89. The molecule has 1 saturated heterocycles. The van der Waals surface area contributed by atoms with Crippen LogP contribution in [-0.2, 0) is 4.79 Å². The summed E-state index contributed by atoms with van der Waals surface area (Å²) in [6, 6.07) is 0.403. The van der Waals surface area contributed by atoms with Gasteiger partial charge in [0.05, 0.1) is 0 Å². The first kappa shape index (κ1) is 9.64. The van der Waals surface area contributed by atoms with Crippen molar-refractivity contribution in [3.63, 3.8) is 0 Å². The lowest BCUT2D eigenvalue weighted by Crippen LogP contribution is -2.38. The fourth-order valence-electron chi connectivity index (χ4n) is 3.36. The van der Waals surface area contributed by atoms with Crippen LogP contribution in [0.3, 0.4) is 0 Å². The Morgan fingerprint density at radius 2 is 1.67 bits per heavy atom. The van der Waals surface area contributed by atoms with Crippen molar-refractivity contribution in [2.45, 2.75) is 38.1 Å². The first-order valence-electron chi connectivity index (χ1n) is 6.32. The minimum atomic E-state index is 0.340. The Bertz CT molecular complexity index is 261. The van der Waals surface area contributed by atoms with Crippen LogP contribution in [0.1, 0.15) is 32.1 Å². The van der Waals surface area contributed by atoms with Crippen LogP contribution in [0.4, 0.5) is 0 Å². The molecule has 3 aliphatic rings. The topological polar surface area (TPSA) is 46.3 Å². The van der Waals surface area contributed by atoms with Crippen molar-refractivity contribution in [2.24, 2.45) is 23.5 Å². The maximum absolute atomic E-state index is 12.2. The Labute approximate surface area is 91.0 Å². The molecular formula is C12H20N2O. The van der Waals surface area contributed by atoms with Gasteiger partial charge in [-0.3, -0.25) is 4.79 Å². The van der Waals surface area contributed by atoms with Crippen LogP contribution >= 0.6 is 0 Å². The fourth-order valence-corrected chi connectivity index (χ4v) is 3.36. The number of hydrogen-bond donors (Lipinski definition) is 1. The standard InChI is InChI=1S/C12H20N2O/c13-11-9-6-14(7-10(9)11)12(15)8-4-2-1-3-5-8/h8-11H,1-7,13H2. The van der Waals surface area contributed by atoms with Gasteiger partial charge in [-0.05, 0) is 24.7 Å². The fraction of sp³-hybridized carbons (Fsp3) is 0.917. The number of hydrogen-bond acceptors (Lipinski definition) is 2. The molecular weight excluding hydrogens is 188 g/mol. The average Bonchev–Trinajstić information content (AvgIpc) is 2.74. The Kier molecular flexibility index (Phi) is 2.23. The lowest BCUT2D eigenvalue weighted by molar-refractivity contribution is -0.136. The highest BCUT2D eigenvalue weighted by Gasteiger charge is 2.54. The third kappa shape index (κ3) is 1.57. The van der Waals surface area contributed by atoms with E-state index in [0.29, 0.717) is 29.7 Å². The van der Waals surface area contributed by atoms with Crippen molar-refractivity contribution in [3.8, 4) is 0 Å². The monoisotopic (exact) mass is 208 g/mol. The maximum Gasteiger partial charge on any atom is 0.225 e. The van der Waals surface area contributed by atoms with E-state index >= 15 is 0 Å². The van der Waals surface area contributed by atoms with Gasteiger partial charge >= 0.3 is 0 Å². The number of likely N-dealkylation sites (tertiary alicyclic amines) is 1. The molecule has 0 aromatic carbocycles. The molecule has 0 radical (unpaired) electrons. The summed E-state index contributed by atoms with van der Waals surface area (Å²) in [5.41, 5.74) is 5.87. The maximum atomic E-state index is 12.2. The largest absolute Gasteiger partial charge is 0.342 e. The van der Waals surface area contributed by atoms with Gasteiger partial charge in [-0.15, -0.1) is 0 Å². The van der Waals surface area contributed by atoms with E-state index in [1.807, 2.05) is 0 Å². The van der Waals surface area contributed by atoms with Gasteiger partial charge in [0.15, 0.2) is 0 Å². The van der Waals surface area contributed by atoms with E-state index in [4.69, 9.17) is 5.73 Å². The van der Waals surface area contributed by atoms with Crippen LogP contribution in [0.5, 0.6) is 0 Å². The van der Waals surface area contributed by atoms with E-state index in [2.05, 4.69) is 4.90 Å². The Morgan fingerprint density at radius 3 is 2.27 bits per heavy atom. The molecule has 0 aromatic rings. The molecule has 2 N–H and O–H groups in total. The smallest absolute Gasteiger partial charge is 0.225 e. The number of piperidine rings is 1. The number of amides is 1. The zero-order valence-electron chi connectivity index (χ0n) is 9.19. The molecule has 3 rings (SSSR count). The molecule has 0 bridgehead atoms. The quantitative estimate of drug-likeness (QED) is 0.698. The first-order chi connectivity index (χ1) is 7.27. The van der Waals surface area contributed by atoms with Crippen LogP contribution in [0.25, 0.3) is 0 Å². The molecule has 3 heteroatoms. The molecule has 15 heavy (non-hydrogen) atoms. The minimum Gasteiger partial charge on any atom is -0.342 e. The van der Waals surface area contributed by atoms with Gasteiger partial charge in [0.2, 0.25) is 5.91 Å². The normalized spacial score (nSPS) is 40.3. The first-order valence-corrected chi connectivity index (χ1v) is 6.32. The highest BCUT2D eigenvalue weighted by Crippen LogP contribution is 2.44. The lowest BCUT2D eigenvalue weighted by atomic mass is 9.88. The van der Waals surface area contributed by atoms with E-state index in [-0.39, 0.29) is 0 Å². The van der Waals surface area contributed by atoms with Crippen molar-refractivity contribution < 1.29 is 4.79 Å². The molecule has 0 aromatic heterocycles. The van der Waals surface area contributed by atoms with Crippen LogP contribution in [-0.4, -0.2) is 29.9 Å². The van der Waals surface area contributed by atoms with Crippen molar-refractivity contribution in [1.82, 2.24) is 4.90 Å². The molecule has 2 saturated carbocycles. The summed E-state index contributed by atoms with van der Waals surface area (Å²) in [4.78, 5) is 14.2. The Hall–Kier alpha value is -0.570. The van der Waals surface area contributed by atoms with Crippen molar-refractivity contribution in [3.05, 3.63) is 0 Å². The van der Waals surface area contributed by atoms with Crippen LogP contribution in [0.15, 0.2) is 0 Å². The summed E-state index contributed by atoms with van der Waals surface area (Å²) in [7, 11) is 0. The number of carbonyl (C=O) groups excluding carboxylic acids is 1. The molecule has 1 amide bonds.